The highest BCUT2D eigenvalue weighted by atomic mass is 16.5. The number of fused-ring (bicyclic) bond motifs is 1. The Hall–Kier alpha value is -2.30. The molecule has 1 aromatic heterocycles. The maximum Gasteiger partial charge on any atom is 0.341 e. The van der Waals surface area contributed by atoms with Gasteiger partial charge in [-0.25, -0.2) is 9.78 Å². The van der Waals surface area contributed by atoms with Crippen molar-refractivity contribution in [1.82, 2.24) is 4.98 Å². The molecule has 17 heavy (non-hydrogen) atoms. The van der Waals surface area contributed by atoms with Crippen LogP contribution in [-0.2, 0) is 0 Å². The van der Waals surface area contributed by atoms with Crippen LogP contribution < -0.4 is 9.47 Å². The quantitative estimate of drug-likeness (QED) is 0.877. The molecule has 2 aromatic rings. The van der Waals surface area contributed by atoms with Gasteiger partial charge >= 0.3 is 5.97 Å². The Balaban J connectivity index is 2.69. The third kappa shape index (κ3) is 1.99. The molecule has 5 nitrogen and oxygen atoms in total. The van der Waals surface area contributed by atoms with E-state index in [1.165, 1.54) is 13.2 Å². The molecular weight excluding hydrogens is 222 g/mol. The molecule has 0 aliphatic rings. The van der Waals surface area contributed by atoms with Crippen molar-refractivity contribution in [3.8, 4) is 11.6 Å². The van der Waals surface area contributed by atoms with Crippen LogP contribution in [0.15, 0.2) is 24.3 Å². The van der Waals surface area contributed by atoms with Gasteiger partial charge in [0.05, 0.1) is 19.7 Å². The van der Waals surface area contributed by atoms with Crippen molar-refractivity contribution in [3.63, 3.8) is 0 Å². The number of aromatic nitrogens is 1. The molecule has 5 heteroatoms. The number of carboxylic acid groups (broad SMARTS) is 1. The maximum atomic E-state index is 11.0. The zero-order chi connectivity index (χ0) is 12.4. The number of carbonyl (C=O) groups is 1. The highest BCUT2D eigenvalue weighted by molar-refractivity contribution is 5.95. The van der Waals surface area contributed by atoms with Crippen molar-refractivity contribution in [3.05, 3.63) is 29.8 Å². The number of benzene rings is 1. The third-order valence-corrected chi connectivity index (χ3v) is 2.41. The molecule has 0 saturated carbocycles. The number of hydrogen-bond donors (Lipinski definition) is 1. The third-order valence-electron chi connectivity index (χ3n) is 2.41. The first-order valence-electron chi connectivity index (χ1n) is 4.92. The lowest BCUT2D eigenvalue weighted by atomic mass is 10.1. The Morgan fingerprint density at radius 3 is 2.59 bits per heavy atom. The number of aromatic carboxylic acids is 1. The van der Waals surface area contributed by atoms with E-state index in [0.29, 0.717) is 11.3 Å². The molecular formula is C12H11NO4. The molecule has 1 heterocycles. The van der Waals surface area contributed by atoms with Crippen molar-refractivity contribution >= 4 is 16.9 Å². The van der Waals surface area contributed by atoms with Gasteiger partial charge in [-0.05, 0) is 18.2 Å². The van der Waals surface area contributed by atoms with Gasteiger partial charge in [0, 0.05) is 11.5 Å². The molecule has 0 aliphatic carbocycles. The first kappa shape index (κ1) is 11.2. The number of nitrogens with zero attached hydrogens (tertiary/aromatic N) is 1. The molecule has 1 aromatic carbocycles. The van der Waals surface area contributed by atoms with Crippen LogP contribution in [0, 0.1) is 0 Å². The van der Waals surface area contributed by atoms with Crippen molar-refractivity contribution in [2.24, 2.45) is 0 Å². The lowest BCUT2D eigenvalue weighted by Gasteiger charge is -2.07. The van der Waals surface area contributed by atoms with Gasteiger partial charge in [-0.2, -0.15) is 0 Å². The fraction of sp³-hybridized carbons (Fsp3) is 0.167. The predicted molar refractivity (Wildman–Crippen MR) is 61.8 cm³/mol. The van der Waals surface area contributed by atoms with Gasteiger partial charge in [-0.1, -0.05) is 0 Å². The van der Waals surface area contributed by atoms with Crippen LogP contribution in [-0.4, -0.2) is 30.3 Å². The van der Waals surface area contributed by atoms with Gasteiger partial charge < -0.3 is 14.6 Å². The minimum absolute atomic E-state index is 0.0465. The molecule has 0 spiro atoms. The predicted octanol–water partition coefficient (Wildman–Crippen LogP) is 1.95. The van der Waals surface area contributed by atoms with Crippen LogP contribution in [0.3, 0.4) is 0 Å². The average Bonchev–Trinajstić information content (AvgIpc) is 2.36. The van der Waals surface area contributed by atoms with E-state index in [0.717, 1.165) is 5.39 Å². The molecule has 2 rings (SSSR count). The minimum Gasteiger partial charge on any atom is -0.497 e. The zero-order valence-corrected chi connectivity index (χ0v) is 9.43. The van der Waals surface area contributed by atoms with Crippen LogP contribution in [0.1, 0.15) is 10.4 Å². The van der Waals surface area contributed by atoms with E-state index >= 15 is 0 Å². The average molecular weight is 233 g/mol. The SMILES string of the molecule is COc1ccc2cc(C(=O)O)c(OC)nc2c1. The Morgan fingerprint density at radius 1 is 1.24 bits per heavy atom. The van der Waals surface area contributed by atoms with Crippen LogP contribution >= 0.6 is 0 Å². The number of methoxy groups -OCH3 is 2. The molecule has 1 N–H and O–H groups in total. The van der Waals surface area contributed by atoms with Crippen molar-refractivity contribution < 1.29 is 19.4 Å². The van der Waals surface area contributed by atoms with Crippen LogP contribution in [0.25, 0.3) is 10.9 Å². The number of hydrogen-bond acceptors (Lipinski definition) is 4. The van der Waals surface area contributed by atoms with Gasteiger partial charge in [0.1, 0.15) is 11.3 Å². The number of carboxylic acids is 1. The Kier molecular flexibility index (Phi) is 2.82. The molecule has 0 atom stereocenters. The van der Waals surface area contributed by atoms with E-state index in [9.17, 15) is 4.79 Å². The molecule has 0 fully saturated rings. The standard InChI is InChI=1S/C12H11NO4/c1-16-8-4-3-7-5-9(12(14)15)11(17-2)13-10(7)6-8/h3-6H,1-2H3,(H,14,15). The van der Waals surface area contributed by atoms with E-state index in [1.54, 1.807) is 25.3 Å². The second kappa shape index (κ2) is 4.29. The van der Waals surface area contributed by atoms with E-state index in [2.05, 4.69) is 4.98 Å². The Labute approximate surface area is 97.6 Å². The first-order chi connectivity index (χ1) is 8.15. The van der Waals surface area contributed by atoms with Gasteiger partial charge in [0.25, 0.3) is 0 Å². The first-order valence-corrected chi connectivity index (χ1v) is 4.92. The van der Waals surface area contributed by atoms with Gasteiger partial charge in [0.2, 0.25) is 5.88 Å². The largest absolute Gasteiger partial charge is 0.497 e. The number of pyridine rings is 1. The molecule has 0 unspecified atom stereocenters. The van der Waals surface area contributed by atoms with Gasteiger partial charge in [-0.3, -0.25) is 0 Å². The van der Waals surface area contributed by atoms with E-state index in [4.69, 9.17) is 14.6 Å². The van der Waals surface area contributed by atoms with Crippen LogP contribution in [0.4, 0.5) is 0 Å². The summed E-state index contributed by atoms with van der Waals surface area (Å²) >= 11 is 0. The minimum atomic E-state index is -1.06. The Morgan fingerprint density at radius 2 is 2.00 bits per heavy atom. The van der Waals surface area contributed by atoms with Gasteiger partial charge in [-0.15, -0.1) is 0 Å². The second-order valence-corrected chi connectivity index (χ2v) is 3.41. The summed E-state index contributed by atoms with van der Waals surface area (Å²) in [6.45, 7) is 0. The molecule has 0 saturated heterocycles. The fourth-order valence-corrected chi connectivity index (χ4v) is 1.57. The summed E-state index contributed by atoms with van der Waals surface area (Å²) in [5.41, 5.74) is 0.677. The highest BCUT2D eigenvalue weighted by Gasteiger charge is 2.14. The van der Waals surface area contributed by atoms with E-state index in [-0.39, 0.29) is 11.4 Å². The van der Waals surface area contributed by atoms with Crippen molar-refractivity contribution in [2.45, 2.75) is 0 Å². The highest BCUT2D eigenvalue weighted by Crippen LogP contribution is 2.25. The summed E-state index contributed by atoms with van der Waals surface area (Å²) in [6.07, 6.45) is 0. The number of rotatable bonds is 3. The summed E-state index contributed by atoms with van der Waals surface area (Å²) in [5, 5.41) is 9.74. The summed E-state index contributed by atoms with van der Waals surface area (Å²) in [6, 6.07) is 6.77. The van der Waals surface area contributed by atoms with E-state index < -0.39 is 5.97 Å². The van der Waals surface area contributed by atoms with Crippen LogP contribution in [0.2, 0.25) is 0 Å². The monoisotopic (exact) mass is 233 g/mol. The van der Waals surface area contributed by atoms with Crippen molar-refractivity contribution in [2.75, 3.05) is 14.2 Å². The molecule has 0 bridgehead atoms. The zero-order valence-electron chi connectivity index (χ0n) is 9.43. The Bertz CT molecular complexity index is 580. The molecule has 0 radical (unpaired) electrons. The van der Waals surface area contributed by atoms with Gasteiger partial charge in [0.15, 0.2) is 0 Å². The smallest absolute Gasteiger partial charge is 0.341 e. The normalized spacial score (nSPS) is 10.2. The lowest BCUT2D eigenvalue weighted by molar-refractivity contribution is 0.0692. The maximum absolute atomic E-state index is 11.0. The second-order valence-electron chi connectivity index (χ2n) is 3.41. The summed E-state index contributed by atoms with van der Waals surface area (Å²) in [4.78, 5) is 15.1. The summed E-state index contributed by atoms with van der Waals surface area (Å²) < 4.78 is 10.0. The molecule has 88 valence electrons. The van der Waals surface area contributed by atoms with Crippen molar-refractivity contribution in [1.29, 1.82) is 0 Å². The van der Waals surface area contributed by atoms with E-state index in [1.807, 2.05) is 0 Å². The molecule has 0 amide bonds. The fourth-order valence-electron chi connectivity index (χ4n) is 1.57. The summed E-state index contributed by atoms with van der Waals surface area (Å²) in [5.74, 6) is -0.305. The topological polar surface area (TPSA) is 68.7 Å². The lowest BCUT2D eigenvalue weighted by Crippen LogP contribution is -2.02. The van der Waals surface area contributed by atoms with Crippen LogP contribution in [0.5, 0.6) is 11.6 Å². The summed E-state index contributed by atoms with van der Waals surface area (Å²) in [7, 11) is 2.95. The molecule has 0 aliphatic heterocycles. The number of ether oxygens (including phenoxy) is 2.